The van der Waals surface area contributed by atoms with Crippen molar-refractivity contribution in [3.63, 3.8) is 0 Å². The summed E-state index contributed by atoms with van der Waals surface area (Å²) >= 11 is 0. The lowest BCUT2D eigenvalue weighted by Gasteiger charge is -2.27. The van der Waals surface area contributed by atoms with Crippen LogP contribution in [-0.4, -0.2) is 26.4 Å². The Hall–Kier alpha value is -2.38. The zero-order valence-electron chi connectivity index (χ0n) is 14.8. The van der Waals surface area contributed by atoms with Gasteiger partial charge >= 0.3 is 6.03 Å². The third-order valence-electron chi connectivity index (χ3n) is 4.92. The molecule has 2 aromatic rings. The number of urea groups is 1. The van der Waals surface area contributed by atoms with Crippen LogP contribution in [0.2, 0.25) is 0 Å². The lowest BCUT2D eigenvalue weighted by Crippen LogP contribution is -2.40. The SMILES string of the molecule is C[C@H](NC(=O)N(C)[C@H]1CCc2ccccc21)c1cccc(S(N)(=O)=O)c1. The van der Waals surface area contributed by atoms with Crippen molar-refractivity contribution in [2.24, 2.45) is 5.14 Å². The Bertz CT molecular complexity index is 927. The molecule has 0 saturated heterocycles. The lowest BCUT2D eigenvalue weighted by molar-refractivity contribution is 0.187. The van der Waals surface area contributed by atoms with E-state index in [4.69, 9.17) is 5.14 Å². The van der Waals surface area contributed by atoms with Gasteiger partial charge in [-0.2, -0.15) is 0 Å². The van der Waals surface area contributed by atoms with Gasteiger partial charge in [0.05, 0.1) is 17.0 Å². The van der Waals surface area contributed by atoms with Gasteiger partial charge in [0, 0.05) is 7.05 Å². The standard InChI is InChI=1S/C19H23N3O3S/c1-13(15-7-5-8-16(12-15)26(20,24)25)21-19(23)22(2)18-11-10-14-6-3-4-9-17(14)18/h3-9,12-13,18H,10-11H2,1-2H3,(H,21,23)(H2,20,24,25)/t13-,18-/m0/s1. The molecule has 0 unspecified atom stereocenters. The summed E-state index contributed by atoms with van der Waals surface area (Å²) in [6.07, 6.45) is 1.86. The molecule has 3 N–H and O–H groups in total. The minimum absolute atomic E-state index is 0.0363. The van der Waals surface area contributed by atoms with E-state index in [1.54, 1.807) is 24.1 Å². The number of hydrogen-bond donors (Lipinski definition) is 2. The van der Waals surface area contributed by atoms with E-state index in [9.17, 15) is 13.2 Å². The minimum Gasteiger partial charge on any atom is -0.331 e. The maximum atomic E-state index is 12.7. The van der Waals surface area contributed by atoms with Gasteiger partial charge in [0.15, 0.2) is 0 Å². The van der Waals surface area contributed by atoms with Crippen molar-refractivity contribution in [2.75, 3.05) is 7.05 Å². The molecule has 0 saturated carbocycles. The van der Waals surface area contributed by atoms with E-state index in [1.165, 1.54) is 23.3 Å². The summed E-state index contributed by atoms with van der Waals surface area (Å²) in [5.74, 6) is 0. The molecule has 0 aliphatic heterocycles. The number of carbonyl (C=O) groups is 1. The van der Waals surface area contributed by atoms with Crippen LogP contribution in [0, 0.1) is 0 Å². The second-order valence-corrected chi connectivity index (χ2v) is 8.21. The number of hydrogen-bond acceptors (Lipinski definition) is 3. The van der Waals surface area contributed by atoms with Crippen LogP contribution in [-0.2, 0) is 16.4 Å². The highest BCUT2D eigenvalue weighted by atomic mass is 32.2. The topological polar surface area (TPSA) is 92.5 Å². The minimum atomic E-state index is -3.77. The summed E-state index contributed by atoms with van der Waals surface area (Å²) in [6, 6.07) is 14.0. The number of fused-ring (bicyclic) bond motifs is 1. The molecule has 1 aliphatic rings. The number of carbonyl (C=O) groups excluding carboxylic acids is 1. The van der Waals surface area contributed by atoms with Crippen molar-refractivity contribution in [2.45, 2.75) is 36.7 Å². The van der Waals surface area contributed by atoms with Crippen molar-refractivity contribution in [1.82, 2.24) is 10.2 Å². The van der Waals surface area contributed by atoms with E-state index in [0.29, 0.717) is 5.56 Å². The first-order valence-electron chi connectivity index (χ1n) is 8.51. The quantitative estimate of drug-likeness (QED) is 0.863. The third-order valence-corrected chi connectivity index (χ3v) is 5.83. The van der Waals surface area contributed by atoms with Gasteiger partial charge in [0.1, 0.15) is 0 Å². The Morgan fingerprint density at radius 2 is 1.96 bits per heavy atom. The predicted octanol–water partition coefficient (Wildman–Crippen LogP) is 2.72. The number of rotatable bonds is 4. The molecule has 0 heterocycles. The van der Waals surface area contributed by atoms with E-state index in [-0.39, 0.29) is 23.0 Å². The zero-order valence-corrected chi connectivity index (χ0v) is 15.7. The molecule has 0 fully saturated rings. The van der Waals surface area contributed by atoms with Crippen LogP contribution in [0.1, 0.15) is 42.1 Å². The van der Waals surface area contributed by atoms with Gasteiger partial charge < -0.3 is 10.2 Å². The summed E-state index contributed by atoms with van der Waals surface area (Å²) in [5, 5.41) is 8.11. The fraction of sp³-hybridized carbons (Fsp3) is 0.316. The van der Waals surface area contributed by atoms with E-state index in [0.717, 1.165) is 12.8 Å². The van der Waals surface area contributed by atoms with E-state index in [2.05, 4.69) is 17.4 Å². The van der Waals surface area contributed by atoms with Crippen LogP contribution < -0.4 is 10.5 Å². The molecule has 3 rings (SSSR count). The third kappa shape index (κ3) is 3.73. The molecular weight excluding hydrogens is 350 g/mol. The summed E-state index contributed by atoms with van der Waals surface area (Å²) in [5.41, 5.74) is 3.16. The molecule has 1 aliphatic carbocycles. The van der Waals surface area contributed by atoms with E-state index < -0.39 is 10.0 Å². The molecule has 0 aromatic heterocycles. The maximum Gasteiger partial charge on any atom is 0.318 e. The van der Waals surface area contributed by atoms with Crippen molar-refractivity contribution in [3.05, 3.63) is 65.2 Å². The Morgan fingerprint density at radius 3 is 2.69 bits per heavy atom. The largest absolute Gasteiger partial charge is 0.331 e. The van der Waals surface area contributed by atoms with Gasteiger partial charge in [-0.3, -0.25) is 0 Å². The highest BCUT2D eigenvalue weighted by Crippen LogP contribution is 2.34. The van der Waals surface area contributed by atoms with Crippen LogP contribution in [0.5, 0.6) is 0 Å². The van der Waals surface area contributed by atoms with Gasteiger partial charge in [-0.25, -0.2) is 18.4 Å². The number of nitrogens with zero attached hydrogens (tertiary/aromatic N) is 1. The fourth-order valence-corrected chi connectivity index (χ4v) is 3.98. The normalized spacial score (nSPS) is 17.4. The molecule has 0 spiro atoms. The van der Waals surface area contributed by atoms with Crippen molar-refractivity contribution < 1.29 is 13.2 Å². The molecule has 2 aromatic carbocycles. The first kappa shape index (κ1) is 18.4. The summed E-state index contributed by atoms with van der Waals surface area (Å²) in [4.78, 5) is 14.4. The van der Waals surface area contributed by atoms with Gasteiger partial charge in [-0.1, -0.05) is 36.4 Å². The van der Waals surface area contributed by atoms with Crippen LogP contribution in [0.3, 0.4) is 0 Å². The summed E-state index contributed by atoms with van der Waals surface area (Å²) < 4.78 is 23.0. The number of nitrogens with two attached hydrogens (primary N) is 1. The molecule has 2 atom stereocenters. The van der Waals surface area contributed by atoms with Crippen LogP contribution >= 0.6 is 0 Å². The number of sulfonamides is 1. The average Bonchev–Trinajstić information content (AvgIpc) is 3.04. The van der Waals surface area contributed by atoms with Crippen molar-refractivity contribution in [1.29, 1.82) is 0 Å². The number of amides is 2. The van der Waals surface area contributed by atoms with Gasteiger partial charge in [-0.15, -0.1) is 0 Å². The van der Waals surface area contributed by atoms with Gasteiger partial charge in [0.25, 0.3) is 0 Å². The molecule has 26 heavy (non-hydrogen) atoms. The van der Waals surface area contributed by atoms with Crippen molar-refractivity contribution >= 4 is 16.1 Å². The molecule has 138 valence electrons. The van der Waals surface area contributed by atoms with Crippen molar-refractivity contribution in [3.8, 4) is 0 Å². The highest BCUT2D eigenvalue weighted by Gasteiger charge is 2.28. The molecule has 0 radical (unpaired) electrons. The maximum absolute atomic E-state index is 12.7. The van der Waals surface area contributed by atoms with E-state index >= 15 is 0 Å². The number of benzene rings is 2. The monoisotopic (exact) mass is 373 g/mol. The Kier molecular flexibility index (Phi) is 5.02. The molecule has 2 amide bonds. The van der Waals surface area contributed by atoms with Gasteiger partial charge in [0.2, 0.25) is 10.0 Å². The first-order chi connectivity index (χ1) is 12.3. The van der Waals surface area contributed by atoms with E-state index in [1.807, 2.05) is 19.1 Å². The average molecular weight is 373 g/mol. The molecule has 7 heteroatoms. The smallest absolute Gasteiger partial charge is 0.318 e. The molecule has 0 bridgehead atoms. The molecular formula is C19H23N3O3S. The molecule has 6 nitrogen and oxygen atoms in total. The number of primary sulfonamides is 1. The van der Waals surface area contributed by atoms with Crippen LogP contribution in [0.15, 0.2) is 53.4 Å². The second kappa shape index (κ2) is 7.09. The second-order valence-electron chi connectivity index (χ2n) is 6.65. The Balaban J connectivity index is 1.72. The summed E-state index contributed by atoms with van der Waals surface area (Å²) in [6.45, 7) is 1.82. The van der Waals surface area contributed by atoms with Crippen LogP contribution in [0.25, 0.3) is 0 Å². The Morgan fingerprint density at radius 1 is 1.23 bits per heavy atom. The highest BCUT2D eigenvalue weighted by molar-refractivity contribution is 7.89. The fourth-order valence-electron chi connectivity index (χ4n) is 3.41. The lowest BCUT2D eigenvalue weighted by atomic mass is 10.1. The predicted molar refractivity (Wildman–Crippen MR) is 100 cm³/mol. The Labute approximate surface area is 154 Å². The number of nitrogens with one attached hydrogen (secondary N) is 1. The van der Waals surface area contributed by atoms with Gasteiger partial charge in [-0.05, 0) is 48.6 Å². The number of aryl methyl sites for hydroxylation is 1. The zero-order chi connectivity index (χ0) is 18.9. The first-order valence-corrected chi connectivity index (χ1v) is 10.1. The summed E-state index contributed by atoms with van der Waals surface area (Å²) in [7, 11) is -1.99. The van der Waals surface area contributed by atoms with Crippen LogP contribution in [0.4, 0.5) is 4.79 Å².